The predicted octanol–water partition coefficient (Wildman–Crippen LogP) is 3.64. The summed E-state index contributed by atoms with van der Waals surface area (Å²) in [7, 11) is 1.66. The minimum absolute atomic E-state index is 0.554. The summed E-state index contributed by atoms with van der Waals surface area (Å²) in [5.41, 5.74) is 3.11. The maximum atomic E-state index is 5.78. The Morgan fingerprint density at radius 2 is 1.76 bits per heavy atom. The number of hydrogen-bond donors (Lipinski definition) is 0. The monoisotopic (exact) mass is 280 g/mol. The van der Waals surface area contributed by atoms with Crippen LogP contribution in [0.1, 0.15) is 17.0 Å². The molecule has 0 unspecified atom stereocenters. The highest BCUT2D eigenvalue weighted by atomic mass is 16.5. The van der Waals surface area contributed by atoms with Crippen LogP contribution in [0.5, 0.6) is 5.75 Å². The lowest BCUT2D eigenvalue weighted by Crippen LogP contribution is -1.93. The van der Waals surface area contributed by atoms with Gasteiger partial charge < -0.3 is 9.15 Å². The summed E-state index contributed by atoms with van der Waals surface area (Å²) in [6.45, 7) is 2.03. The van der Waals surface area contributed by atoms with Gasteiger partial charge in [-0.15, -0.1) is 10.2 Å². The molecule has 0 amide bonds. The molecule has 0 saturated heterocycles. The molecule has 4 heteroatoms. The van der Waals surface area contributed by atoms with Gasteiger partial charge >= 0.3 is 0 Å². The Kier molecular flexibility index (Phi) is 3.69. The van der Waals surface area contributed by atoms with Gasteiger partial charge in [0.1, 0.15) is 5.75 Å². The predicted molar refractivity (Wildman–Crippen MR) is 80.3 cm³/mol. The first-order chi connectivity index (χ1) is 10.3. The van der Waals surface area contributed by atoms with Crippen molar-refractivity contribution in [1.29, 1.82) is 0 Å². The lowest BCUT2D eigenvalue weighted by molar-refractivity contribution is 0.408. The third-order valence-electron chi connectivity index (χ3n) is 3.38. The number of methoxy groups -OCH3 is 1. The minimum atomic E-state index is 0.554. The fourth-order valence-electron chi connectivity index (χ4n) is 2.26. The van der Waals surface area contributed by atoms with Gasteiger partial charge in [0, 0.05) is 11.1 Å². The van der Waals surface area contributed by atoms with E-state index < -0.39 is 0 Å². The molecule has 0 atom stereocenters. The molecule has 3 rings (SSSR count). The van der Waals surface area contributed by atoms with E-state index in [0.29, 0.717) is 18.2 Å². The van der Waals surface area contributed by atoms with Crippen molar-refractivity contribution < 1.29 is 9.15 Å². The summed E-state index contributed by atoms with van der Waals surface area (Å²) in [5, 5.41) is 8.27. The van der Waals surface area contributed by atoms with E-state index in [-0.39, 0.29) is 0 Å². The van der Waals surface area contributed by atoms with Crippen LogP contribution in [0.15, 0.2) is 52.9 Å². The molecule has 106 valence electrons. The summed E-state index contributed by atoms with van der Waals surface area (Å²) >= 11 is 0. The van der Waals surface area contributed by atoms with E-state index in [9.17, 15) is 0 Å². The Bertz CT molecular complexity index is 750. The molecule has 0 radical (unpaired) electrons. The van der Waals surface area contributed by atoms with E-state index in [1.807, 2.05) is 55.5 Å². The van der Waals surface area contributed by atoms with Gasteiger partial charge in [0.2, 0.25) is 11.8 Å². The van der Waals surface area contributed by atoms with Crippen LogP contribution in [0, 0.1) is 6.92 Å². The number of benzene rings is 2. The average Bonchev–Trinajstić information content (AvgIpc) is 2.96. The average molecular weight is 280 g/mol. The SMILES string of the molecule is COc1ccccc1Cc1nnc(-c2ccccc2C)o1. The van der Waals surface area contributed by atoms with E-state index in [0.717, 1.165) is 22.4 Å². The first-order valence-corrected chi connectivity index (χ1v) is 6.78. The van der Waals surface area contributed by atoms with E-state index in [1.165, 1.54) is 0 Å². The van der Waals surface area contributed by atoms with Crippen LogP contribution in [-0.2, 0) is 6.42 Å². The molecule has 2 aromatic carbocycles. The Labute approximate surface area is 123 Å². The zero-order chi connectivity index (χ0) is 14.7. The van der Waals surface area contributed by atoms with E-state index >= 15 is 0 Å². The summed E-state index contributed by atoms with van der Waals surface area (Å²) in [6, 6.07) is 15.8. The number of rotatable bonds is 4. The minimum Gasteiger partial charge on any atom is -0.496 e. The molecule has 0 spiro atoms. The molecular formula is C17H16N2O2. The van der Waals surface area contributed by atoms with Crippen LogP contribution >= 0.6 is 0 Å². The van der Waals surface area contributed by atoms with Crippen molar-refractivity contribution >= 4 is 0 Å². The number of ether oxygens (including phenoxy) is 1. The van der Waals surface area contributed by atoms with Crippen LogP contribution in [0.2, 0.25) is 0 Å². The number of nitrogens with zero attached hydrogens (tertiary/aromatic N) is 2. The van der Waals surface area contributed by atoms with E-state index in [2.05, 4.69) is 10.2 Å². The number of aromatic nitrogens is 2. The Balaban J connectivity index is 1.87. The number of hydrogen-bond acceptors (Lipinski definition) is 4. The second kappa shape index (κ2) is 5.79. The first kappa shape index (κ1) is 13.4. The summed E-state index contributed by atoms with van der Waals surface area (Å²) in [6.07, 6.45) is 0.558. The van der Waals surface area contributed by atoms with Gasteiger partial charge in [0.15, 0.2) is 0 Å². The molecule has 0 N–H and O–H groups in total. The second-order valence-electron chi connectivity index (χ2n) is 4.80. The van der Waals surface area contributed by atoms with E-state index in [4.69, 9.17) is 9.15 Å². The Hall–Kier alpha value is -2.62. The fraction of sp³-hybridized carbons (Fsp3) is 0.176. The molecule has 0 fully saturated rings. The lowest BCUT2D eigenvalue weighted by atomic mass is 10.1. The molecule has 0 bridgehead atoms. The van der Waals surface area contributed by atoms with Gasteiger partial charge in [-0.3, -0.25) is 0 Å². The summed E-state index contributed by atoms with van der Waals surface area (Å²) in [5.74, 6) is 1.96. The molecule has 4 nitrogen and oxygen atoms in total. The fourth-order valence-corrected chi connectivity index (χ4v) is 2.26. The zero-order valence-electron chi connectivity index (χ0n) is 12.0. The van der Waals surface area contributed by atoms with Crippen LogP contribution < -0.4 is 4.74 Å². The zero-order valence-corrected chi connectivity index (χ0v) is 12.0. The van der Waals surface area contributed by atoms with Gasteiger partial charge in [-0.2, -0.15) is 0 Å². The number of para-hydroxylation sites is 1. The van der Waals surface area contributed by atoms with Crippen molar-refractivity contribution in [3.63, 3.8) is 0 Å². The van der Waals surface area contributed by atoms with Crippen LogP contribution in [0.4, 0.5) is 0 Å². The van der Waals surface area contributed by atoms with Gasteiger partial charge in [-0.1, -0.05) is 36.4 Å². The summed E-state index contributed by atoms with van der Waals surface area (Å²) in [4.78, 5) is 0. The highest BCUT2D eigenvalue weighted by Gasteiger charge is 2.12. The van der Waals surface area contributed by atoms with E-state index in [1.54, 1.807) is 7.11 Å². The number of aryl methyl sites for hydroxylation is 1. The van der Waals surface area contributed by atoms with Crippen LogP contribution in [0.3, 0.4) is 0 Å². The van der Waals surface area contributed by atoms with Crippen molar-refractivity contribution in [2.24, 2.45) is 0 Å². The van der Waals surface area contributed by atoms with Gasteiger partial charge in [-0.25, -0.2) is 0 Å². The van der Waals surface area contributed by atoms with Crippen LogP contribution in [0.25, 0.3) is 11.5 Å². The summed E-state index contributed by atoms with van der Waals surface area (Å²) < 4.78 is 11.1. The maximum absolute atomic E-state index is 5.78. The van der Waals surface area contributed by atoms with Crippen molar-refractivity contribution in [3.8, 4) is 17.2 Å². The molecule has 3 aromatic rings. The normalized spacial score (nSPS) is 10.6. The topological polar surface area (TPSA) is 48.2 Å². The third kappa shape index (κ3) is 2.79. The first-order valence-electron chi connectivity index (χ1n) is 6.78. The standard InChI is InChI=1S/C17H16N2O2/c1-12-7-3-5-9-14(12)17-19-18-16(21-17)11-13-8-4-6-10-15(13)20-2/h3-10H,11H2,1-2H3. The third-order valence-corrected chi connectivity index (χ3v) is 3.38. The van der Waals surface area contributed by atoms with Crippen molar-refractivity contribution in [2.45, 2.75) is 13.3 Å². The molecule has 0 saturated carbocycles. The van der Waals surface area contributed by atoms with Gasteiger partial charge in [0.05, 0.1) is 13.5 Å². The molecule has 1 aromatic heterocycles. The molecular weight excluding hydrogens is 264 g/mol. The van der Waals surface area contributed by atoms with Crippen molar-refractivity contribution in [3.05, 3.63) is 65.5 Å². The maximum Gasteiger partial charge on any atom is 0.248 e. The highest BCUT2D eigenvalue weighted by molar-refractivity contribution is 5.57. The highest BCUT2D eigenvalue weighted by Crippen LogP contribution is 2.24. The molecule has 0 aliphatic carbocycles. The molecule has 21 heavy (non-hydrogen) atoms. The Morgan fingerprint density at radius 3 is 2.57 bits per heavy atom. The van der Waals surface area contributed by atoms with Gasteiger partial charge in [0.25, 0.3) is 0 Å². The lowest BCUT2D eigenvalue weighted by Gasteiger charge is -2.05. The smallest absolute Gasteiger partial charge is 0.248 e. The molecule has 0 aliphatic rings. The largest absolute Gasteiger partial charge is 0.496 e. The Morgan fingerprint density at radius 1 is 1.00 bits per heavy atom. The van der Waals surface area contributed by atoms with Gasteiger partial charge in [-0.05, 0) is 24.6 Å². The van der Waals surface area contributed by atoms with Crippen molar-refractivity contribution in [1.82, 2.24) is 10.2 Å². The van der Waals surface area contributed by atoms with Crippen molar-refractivity contribution in [2.75, 3.05) is 7.11 Å². The van der Waals surface area contributed by atoms with Crippen LogP contribution in [-0.4, -0.2) is 17.3 Å². The molecule has 0 aliphatic heterocycles. The molecule has 1 heterocycles. The second-order valence-corrected chi connectivity index (χ2v) is 4.80. The quantitative estimate of drug-likeness (QED) is 0.732.